The zero-order chi connectivity index (χ0) is 16.1. The molecule has 0 saturated heterocycles. The van der Waals surface area contributed by atoms with Crippen molar-refractivity contribution in [3.63, 3.8) is 0 Å². The molecule has 1 aromatic carbocycles. The van der Waals surface area contributed by atoms with E-state index in [9.17, 15) is 13.6 Å². The fraction of sp³-hybridized carbons (Fsp3) is 0.250. The molecule has 0 radical (unpaired) electrons. The summed E-state index contributed by atoms with van der Waals surface area (Å²) in [7, 11) is 0. The number of amides is 1. The average Bonchev–Trinajstić information content (AvgIpc) is 2.48. The molecule has 0 aliphatic rings. The van der Waals surface area contributed by atoms with Gasteiger partial charge in [-0.1, -0.05) is 13.8 Å². The monoisotopic (exact) mass is 305 g/mol. The molecule has 4 nitrogen and oxygen atoms in total. The fourth-order valence-electron chi connectivity index (χ4n) is 1.76. The molecule has 1 heterocycles. The van der Waals surface area contributed by atoms with E-state index in [-0.39, 0.29) is 11.4 Å². The van der Waals surface area contributed by atoms with Crippen LogP contribution in [0.2, 0.25) is 0 Å². The normalized spacial score (nSPS) is 10.6. The molecule has 0 unspecified atom stereocenters. The first-order valence-electron chi connectivity index (χ1n) is 6.92. The predicted octanol–water partition coefficient (Wildman–Crippen LogP) is 3.68. The summed E-state index contributed by atoms with van der Waals surface area (Å²) in [6.07, 6.45) is 1.50. The van der Waals surface area contributed by atoms with Gasteiger partial charge in [0.15, 0.2) is 0 Å². The fourth-order valence-corrected chi connectivity index (χ4v) is 1.76. The first-order chi connectivity index (χ1) is 10.5. The number of hydrogen-bond donors (Lipinski definition) is 2. The minimum atomic E-state index is -0.831. The average molecular weight is 305 g/mol. The molecule has 0 spiro atoms. The zero-order valence-electron chi connectivity index (χ0n) is 12.4. The van der Waals surface area contributed by atoms with Gasteiger partial charge in [-0.25, -0.2) is 8.78 Å². The lowest BCUT2D eigenvalue weighted by Gasteiger charge is -2.10. The predicted molar refractivity (Wildman–Crippen MR) is 81.9 cm³/mol. The van der Waals surface area contributed by atoms with Crippen LogP contribution in [0.4, 0.5) is 20.2 Å². The third-order valence-electron chi connectivity index (χ3n) is 2.89. The van der Waals surface area contributed by atoms with Crippen molar-refractivity contribution in [2.75, 3.05) is 17.2 Å². The lowest BCUT2D eigenvalue weighted by atomic mass is 10.2. The van der Waals surface area contributed by atoms with Gasteiger partial charge in [-0.05, 0) is 30.2 Å². The van der Waals surface area contributed by atoms with E-state index >= 15 is 0 Å². The van der Waals surface area contributed by atoms with Crippen LogP contribution < -0.4 is 10.6 Å². The molecule has 22 heavy (non-hydrogen) atoms. The zero-order valence-corrected chi connectivity index (χ0v) is 12.4. The summed E-state index contributed by atoms with van der Waals surface area (Å²) in [5.74, 6) is -1.63. The first kappa shape index (κ1) is 15.9. The van der Waals surface area contributed by atoms with Crippen molar-refractivity contribution >= 4 is 17.3 Å². The maximum absolute atomic E-state index is 13.5. The van der Waals surface area contributed by atoms with Crippen LogP contribution in [0.15, 0.2) is 36.5 Å². The minimum Gasteiger partial charge on any atom is -0.385 e. The second-order valence-corrected chi connectivity index (χ2v) is 5.28. The van der Waals surface area contributed by atoms with Gasteiger partial charge in [-0.2, -0.15) is 0 Å². The SMILES string of the molecule is CC(C)CNc1ccnc(C(=O)Nc2ccc(F)cc2F)c1. The van der Waals surface area contributed by atoms with Crippen LogP contribution >= 0.6 is 0 Å². The number of nitrogens with zero attached hydrogens (tertiary/aromatic N) is 1. The summed E-state index contributed by atoms with van der Waals surface area (Å²) in [5.41, 5.74) is 0.819. The number of hydrogen-bond acceptors (Lipinski definition) is 3. The van der Waals surface area contributed by atoms with E-state index in [4.69, 9.17) is 0 Å². The highest BCUT2D eigenvalue weighted by Gasteiger charge is 2.12. The number of carbonyl (C=O) groups is 1. The molecular weight excluding hydrogens is 288 g/mol. The molecule has 1 aromatic heterocycles. The molecule has 116 valence electrons. The van der Waals surface area contributed by atoms with Crippen molar-refractivity contribution in [3.8, 4) is 0 Å². The number of benzene rings is 1. The van der Waals surface area contributed by atoms with Crippen molar-refractivity contribution < 1.29 is 13.6 Å². The molecule has 6 heteroatoms. The molecule has 0 aliphatic heterocycles. The number of carbonyl (C=O) groups excluding carboxylic acids is 1. The van der Waals surface area contributed by atoms with E-state index in [2.05, 4.69) is 29.5 Å². The lowest BCUT2D eigenvalue weighted by molar-refractivity contribution is 0.102. The highest BCUT2D eigenvalue weighted by atomic mass is 19.1. The molecule has 0 atom stereocenters. The molecule has 0 bridgehead atoms. The Bertz CT molecular complexity index is 674. The van der Waals surface area contributed by atoms with E-state index in [0.717, 1.165) is 18.3 Å². The number of halogens is 2. The molecule has 2 aromatic rings. The van der Waals surface area contributed by atoms with Gasteiger partial charge in [0.2, 0.25) is 0 Å². The Morgan fingerprint density at radius 1 is 1.23 bits per heavy atom. The van der Waals surface area contributed by atoms with Gasteiger partial charge < -0.3 is 10.6 Å². The quantitative estimate of drug-likeness (QED) is 0.886. The number of nitrogens with one attached hydrogen (secondary N) is 2. The maximum Gasteiger partial charge on any atom is 0.274 e. The Hall–Kier alpha value is -2.50. The van der Waals surface area contributed by atoms with Gasteiger partial charge in [0, 0.05) is 24.5 Å². The molecule has 2 rings (SSSR count). The Kier molecular flexibility index (Phi) is 5.04. The Morgan fingerprint density at radius 2 is 2.00 bits per heavy atom. The van der Waals surface area contributed by atoms with Crippen molar-refractivity contribution in [3.05, 3.63) is 53.9 Å². The van der Waals surface area contributed by atoms with E-state index in [1.54, 1.807) is 12.1 Å². The third-order valence-corrected chi connectivity index (χ3v) is 2.89. The van der Waals surface area contributed by atoms with Crippen LogP contribution in [-0.4, -0.2) is 17.4 Å². The summed E-state index contributed by atoms with van der Waals surface area (Å²) in [6, 6.07) is 6.29. The second kappa shape index (κ2) is 6.98. The van der Waals surface area contributed by atoms with E-state index in [0.29, 0.717) is 12.0 Å². The van der Waals surface area contributed by atoms with Gasteiger partial charge in [0.25, 0.3) is 5.91 Å². The minimum absolute atomic E-state index is 0.0891. The van der Waals surface area contributed by atoms with Crippen molar-refractivity contribution in [2.24, 2.45) is 5.92 Å². The number of anilines is 2. The molecule has 0 saturated carbocycles. The van der Waals surface area contributed by atoms with Crippen molar-refractivity contribution in [1.29, 1.82) is 0 Å². The topological polar surface area (TPSA) is 54.0 Å². The van der Waals surface area contributed by atoms with Crippen LogP contribution in [0.3, 0.4) is 0 Å². The molecule has 0 aliphatic carbocycles. The summed E-state index contributed by atoms with van der Waals surface area (Å²) in [4.78, 5) is 16.0. The molecular formula is C16H17F2N3O. The highest BCUT2D eigenvalue weighted by molar-refractivity contribution is 6.03. The largest absolute Gasteiger partial charge is 0.385 e. The van der Waals surface area contributed by atoms with Crippen LogP contribution in [0.5, 0.6) is 0 Å². The highest BCUT2D eigenvalue weighted by Crippen LogP contribution is 2.16. The summed E-state index contributed by atoms with van der Waals surface area (Å²) in [5, 5.41) is 5.55. The van der Waals surface area contributed by atoms with Gasteiger partial charge in [-0.15, -0.1) is 0 Å². The molecule has 0 fully saturated rings. The summed E-state index contributed by atoms with van der Waals surface area (Å²) in [6.45, 7) is 4.90. The number of rotatable bonds is 5. The third kappa shape index (κ3) is 4.25. The van der Waals surface area contributed by atoms with Gasteiger partial charge >= 0.3 is 0 Å². The lowest BCUT2D eigenvalue weighted by Crippen LogP contribution is -2.15. The summed E-state index contributed by atoms with van der Waals surface area (Å²) < 4.78 is 26.4. The molecule has 2 N–H and O–H groups in total. The van der Waals surface area contributed by atoms with Crippen LogP contribution in [-0.2, 0) is 0 Å². The summed E-state index contributed by atoms with van der Waals surface area (Å²) >= 11 is 0. The second-order valence-electron chi connectivity index (χ2n) is 5.28. The van der Waals surface area contributed by atoms with Crippen LogP contribution in [0.1, 0.15) is 24.3 Å². The van der Waals surface area contributed by atoms with Gasteiger partial charge in [-0.3, -0.25) is 9.78 Å². The van der Waals surface area contributed by atoms with E-state index < -0.39 is 17.5 Å². The van der Waals surface area contributed by atoms with Crippen molar-refractivity contribution in [1.82, 2.24) is 4.98 Å². The van der Waals surface area contributed by atoms with Crippen LogP contribution in [0, 0.1) is 17.6 Å². The van der Waals surface area contributed by atoms with Gasteiger partial charge in [0.05, 0.1) is 5.69 Å². The Labute approximate surface area is 127 Å². The van der Waals surface area contributed by atoms with Crippen LogP contribution in [0.25, 0.3) is 0 Å². The standard InChI is InChI=1S/C16H17F2N3O/c1-10(2)9-20-12-5-6-19-15(8-12)16(22)21-14-4-3-11(17)7-13(14)18/h3-8,10H,9H2,1-2H3,(H,19,20)(H,21,22). The smallest absolute Gasteiger partial charge is 0.274 e. The number of aromatic nitrogens is 1. The van der Waals surface area contributed by atoms with E-state index in [1.165, 1.54) is 12.3 Å². The Morgan fingerprint density at radius 3 is 2.68 bits per heavy atom. The van der Waals surface area contributed by atoms with Crippen molar-refractivity contribution in [2.45, 2.75) is 13.8 Å². The number of pyridine rings is 1. The maximum atomic E-state index is 13.5. The first-order valence-corrected chi connectivity index (χ1v) is 6.92. The van der Waals surface area contributed by atoms with E-state index in [1.807, 2.05) is 0 Å². The Balaban J connectivity index is 2.10. The van der Waals surface area contributed by atoms with Gasteiger partial charge in [0.1, 0.15) is 17.3 Å². The molecule has 1 amide bonds.